The van der Waals surface area contributed by atoms with Crippen LogP contribution in [0.2, 0.25) is 0 Å². The van der Waals surface area contributed by atoms with E-state index in [1.165, 1.54) is 12.1 Å². The lowest BCUT2D eigenvalue weighted by Gasteiger charge is -2.03. The molecular formula is C13H23ClN2O3. The quantitative estimate of drug-likeness (QED) is 0.488. The molecule has 0 amide bonds. The smallest absolute Gasteiger partial charge is 0.335 e. The Bertz CT molecular complexity index is 359. The maximum absolute atomic E-state index is 10.3. The second-order valence-corrected chi connectivity index (χ2v) is 4.25. The highest BCUT2D eigenvalue weighted by molar-refractivity contribution is 5.88. The largest absolute Gasteiger partial charge is 0.478 e. The summed E-state index contributed by atoms with van der Waals surface area (Å²) in [5.74, 6) is -0.270. The van der Waals surface area contributed by atoms with Crippen LogP contribution >= 0.6 is 12.4 Å². The number of nitrogen functional groups attached to an aromatic ring is 1. The third-order valence-corrected chi connectivity index (χ3v) is 1.97. The second kappa shape index (κ2) is 11.8. The molecule has 0 aromatic heterocycles. The summed E-state index contributed by atoms with van der Waals surface area (Å²) in [5.41, 5.74) is 6.03. The molecule has 6 heteroatoms. The van der Waals surface area contributed by atoms with Crippen molar-refractivity contribution >= 4 is 24.1 Å². The fourth-order valence-corrected chi connectivity index (χ4v) is 1.14. The maximum Gasteiger partial charge on any atom is 0.335 e. The molecule has 0 saturated heterocycles. The zero-order valence-electron chi connectivity index (χ0n) is 11.3. The average molecular weight is 291 g/mol. The van der Waals surface area contributed by atoms with Crippen molar-refractivity contribution in [3.63, 3.8) is 0 Å². The number of rotatable bonds is 5. The molecule has 5 N–H and O–H groups in total. The summed E-state index contributed by atoms with van der Waals surface area (Å²) in [5, 5.41) is 19.9. The topological polar surface area (TPSA) is 95.6 Å². The highest BCUT2D eigenvalue weighted by atomic mass is 35.5. The van der Waals surface area contributed by atoms with E-state index >= 15 is 0 Å². The van der Waals surface area contributed by atoms with Gasteiger partial charge in [0.25, 0.3) is 0 Å². The Labute approximate surface area is 120 Å². The maximum atomic E-state index is 10.3. The summed E-state index contributed by atoms with van der Waals surface area (Å²) in [6.45, 7) is 6.25. The van der Waals surface area contributed by atoms with Gasteiger partial charge in [0.15, 0.2) is 0 Å². The Morgan fingerprint density at radius 3 is 2.42 bits per heavy atom. The first-order chi connectivity index (χ1) is 8.47. The molecule has 0 bridgehead atoms. The van der Waals surface area contributed by atoms with Crippen molar-refractivity contribution in [2.75, 3.05) is 25.4 Å². The molecule has 1 aromatic rings. The lowest BCUT2D eigenvalue weighted by atomic mass is 10.2. The van der Waals surface area contributed by atoms with E-state index in [2.05, 4.69) is 19.2 Å². The standard InChI is InChI=1S/C7H7NO2.C6H15NO.ClH/c8-6-3-1-2-5(4-6)7(9)10;1-6(2)5-7-3-4-8;/h1-4H,8H2,(H,9,10);6-8H,3-5H2,1-2H3;1H. The normalized spacial score (nSPS) is 9.26. The molecule has 1 rings (SSSR count). The number of carboxylic acid groups (broad SMARTS) is 1. The van der Waals surface area contributed by atoms with Crippen LogP contribution in [0.3, 0.4) is 0 Å². The van der Waals surface area contributed by atoms with Crippen LogP contribution in [0, 0.1) is 5.92 Å². The van der Waals surface area contributed by atoms with E-state index < -0.39 is 5.97 Å². The van der Waals surface area contributed by atoms with Gasteiger partial charge in [0.1, 0.15) is 0 Å². The van der Waals surface area contributed by atoms with Crippen molar-refractivity contribution in [3.8, 4) is 0 Å². The Kier molecular flexibility index (Phi) is 12.4. The van der Waals surface area contributed by atoms with Gasteiger partial charge in [-0.15, -0.1) is 12.4 Å². The van der Waals surface area contributed by atoms with Crippen LogP contribution in [0.25, 0.3) is 0 Å². The summed E-state index contributed by atoms with van der Waals surface area (Å²) in [7, 11) is 0. The van der Waals surface area contributed by atoms with Crippen molar-refractivity contribution < 1.29 is 15.0 Å². The molecule has 110 valence electrons. The van der Waals surface area contributed by atoms with Crippen LogP contribution in [0.4, 0.5) is 5.69 Å². The van der Waals surface area contributed by atoms with Crippen LogP contribution in [-0.4, -0.2) is 35.9 Å². The Hall–Kier alpha value is -1.30. The van der Waals surface area contributed by atoms with E-state index in [9.17, 15) is 4.79 Å². The first kappa shape index (κ1) is 20.0. The zero-order valence-corrected chi connectivity index (χ0v) is 12.1. The third-order valence-electron chi connectivity index (χ3n) is 1.97. The number of nitrogens with one attached hydrogen (secondary N) is 1. The minimum Gasteiger partial charge on any atom is -0.478 e. The predicted molar refractivity (Wildman–Crippen MR) is 79.9 cm³/mol. The number of aliphatic hydroxyl groups is 1. The number of anilines is 1. The fraction of sp³-hybridized carbons (Fsp3) is 0.462. The molecule has 0 fully saturated rings. The van der Waals surface area contributed by atoms with Gasteiger partial charge in [-0.25, -0.2) is 4.79 Å². The first-order valence-corrected chi connectivity index (χ1v) is 5.87. The summed E-state index contributed by atoms with van der Waals surface area (Å²) < 4.78 is 0. The lowest BCUT2D eigenvalue weighted by Crippen LogP contribution is -2.22. The van der Waals surface area contributed by atoms with Gasteiger partial charge >= 0.3 is 5.97 Å². The van der Waals surface area contributed by atoms with Gasteiger partial charge < -0.3 is 21.3 Å². The number of carbonyl (C=O) groups is 1. The highest BCUT2D eigenvalue weighted by Gasteiger charge is 1.99. The molecule has 5 nitrogen and oxygen atoms in total. The third kappa shape index (κ3) is 11.5. The highest BCUT2D eigenvalue weighted by Crippen LogP contribution is 2.05. The monoisotopic (exact) mass is 290 g/mol. The molecule has 0 aliphatic rings. The van der Waals surface area contributed by atoms with Crippen LogP contribution in [0.1, 0.15) is 24.2 Å². The summed E-state index contributed by atoms with van der Waals surface area (Å²) in [6.07, 6.45) is 0. The minimum atomic E-state index is -0.952. The van der Waals surface area contributed by atoms with Crippen molar-refractivity contribution in [2.45, 2.75) is 13.8 Å². The molecule has 0 unspecified atom stereocenters. The van der Waals surface area contributed by atoms with E-state index in [0.29, 0.717) is 11.6 Å². The van der Waals surface area contributed by atoms with Crippen molar-refractivity contribution in [1.29, 1.82) is 0 Å². The Morgan fingerprint density at radius 2 is 2.05 bits per heavy atom. The van der Waals surface area contributed by atoms with Crippen LogP contribution in [0.5, 0.6) is 0 Å². The molecule has 0 heterocycles. The number of halogens is 1. The number of benzene rings is 1. The minimum absolute atomic E-state index is 0. The second-order valence-electron chi connectivity index (χ2n) is 4.25. The van der Waals surface area contributed by atoms with Crippen molar-refractivity contribution in [1.82, 2.24) is 5.32 Å². The number of carboxylic acids is 1. The average Bonchev–Trinajstić information content (AvgIpc) is 2.30. The number of nitrogens with two attached hydrogens (primary N) is 1. The zero-order chi connectivity index (χ0) is 14.0. The number of aromatic carboxylic acids is 1. The number of hydrogen-bond donors (Lipinski definition) is 4. The van der Waals surface area contributed by atoms with Crippen LogP contribution in [-0.2, 0) is 0 Å². The van der Waals surface area contributed by atoms with Gasteiger partial charge in [-0.1, -0.05) is 19.9 Å². The molecule has 0 saturated carbocycles. The van der Waals surface area contributed by atoms with Crippen molar-refractivity contribution in [3.05, 3.63) is 29.8 Å². The van der Waals surface area contributed by atoms with Crippen LogP contribution in [0.15, 0.2) is 24.3 Å². The predicted octanol–water partition coefficient (Wildman–Crippen LogP) is 1.61. The van der Waals surface area contributed by atoms with Gasteiger partial charge in [-0.3, -0.25) is 0 Å². The number of hydrogen-bond acceptors (Lipinski definition) is 4. The Morgan fingerprint density at radius 1 is 1.42 bits per heavy atom. The fourth-order valence-electron chi connectivity index (χ4n) is 1.14. The van der Waals surface area contributed by atoms with E-state index in [0.717, 1.165) is 13.1 Å². The van der Waals surface area contributed by atoms with E-state index in [1.54, 1.807) is 12.1 Å². The molecule has 19 heavy (non-hydrogen) atoms. The Balaban J connectivity index is 0. The van der Waals surface area contributed by atoms with E-state index in [4.69, 9.17) is 15.9 Å². The SMILES string of the molecule is CC(C)CNCCO.Cl.Nc1cccc(C(=O)O)c1. The van der Waals surface area contributed by atoms with Crippen molar-refractivity contribution in [2.24, 2.45) is 5.92 Å². The molecular weight excluding hydrogens is 268 g/mol. The molecule has 0 aliphatic heterocycles. The number of aliphatic hydroxyl groups excluding tert-OH is 1. The molecule has 0 aliphatic carbocycles. The van der Waals surface area contributed by atoms with Gasteiger partial charge in [-0.05, 0) is 30.7 Å². The van der Waals surface area contributed by atoms with Gasteiger partial charge in [0, 0.05) is 12.2 Å². The molecule has 0 radical (unpaired) electrons. The lowest BCUT2D eigenvalue weighted by molar-refractivity contribution is 0.0697. The summed E-state index contributed by atoms with van der Waals surface area (Å²) in [4.78, 5) is 10.3. The molecule has 0 atom stereocenters. The first-order valence-electron chi connectivity index (χ1n) is 5.87. The van der Waals surface area contributed by atoms with Gasteiger partial charge in [-0.2, -0.15) is 0 Å². The molecule has 0 spiro atoms. The summed E-state index contributed by atoms with van der Waals surface area (Å²) >= 11 is 0. The van der Waals surface area contributed by atoms with E-state index in [-0.39, 0.29) is 24.6 Å². The van der Waals surface area contributed by atoms with E-state index in [1.807, 2.05) is 0 Å². The van der Waals surface area contributed by atoms with Crippen LogP contribution < -0.4 is 11.1 Å². The van der Waals surface area contributed by atoms with Gasteiger partial charge in [0.2, 0.25) is 0 Å². The molecule has 1 aromatic carbocycles. The summed E-state index contributed by atoms with van der Waals surface area (Å²) in [6, 6.07) is 6.17. The van der Waals surface area contributed by atoms with Gasteiger partial charge in [0.05, 0.1) is 12.2 Å².